The van der Waals surface area contributed by atoms with E-state index in [2.05, 4.69) is 36.1 Å². The number of aromatic amines is 1. The highest BCUT2D eigenvalue weighted by molar-refractivity contribution is 7.17. The summed E-state index contributed by atoms with van der Waals surface area (Å²) in [6.45, 7) is 8.19. The van der Waals surface area contributed by atoms with E-state index < -0.39 is 23.9 Å². The van der Waals surface area contributed by atoms with Crippen LogP contribution in [0.1, 0.15) is 65.3 Å². The van der Waals surface area contributed by atoms with Gasteiger partial charge in [-0.2, -0.15) is 0 Å². The quantitative estimate of drug-likeness (QED) is 0.264. The van der Waals surface area contributed by atoms with E-state index in [4.69, 9.17) is 9.47 Å². The van der Waals surface area contributed by atoms with Gasteiger partial charge in [-0.1, -0.05) is 51.1 Å². The van der Waals surface area contributed by atoms with Crippen LogP contribution in [-0.4, -0.2) is 41.0 Å². The fourth-order valence-corrected chi connectivity index (χ4v) is 6.49. The van der Waals surface area contributed by atoms with Gasteiger partial charge in [-0.15, -0.1) is 11.3 Å². The normalized spacial score (nSPS) is 15.8. The zero-order valence-corrected chi connectivity index (χ0v) is 24.1. The molecule has 8 nitrogen and oxygen atoms in total. The smallest absolute Gasteiger partial charge is 0.341 e. The van der Waals surface area contributed by atoms with Crippen LogP contribution in [0.15, 0.2) is 48.5 Å². The van der Waals surface area contributed by atoms with Crippen LogP contribution < -0.4 is 5.32 Å². The zero-order valence-electron chi connectivity index (χ0n) is 23.3. The molecule has 2 unspecified atom stereocenters. The van der Waals surface area contributed by atoms with Crippen LogP contribution in [0.2, 0.25) is 0 Å². The topological polar surface area (TPSA) is 110 Å². The van der Waals surface area contributed by atoms with Gasteiger partial charge in [-0.3, -0.25) is 4.79 Å². The van der Waals surface area contributed by atoms with Gasteiger partial charge in [-0.05, 0) is 61.3 Å². The molecule has 0 aliphatic heterocycles. The summed E-state index contributed by atoms with van der Waals surface area (Å²) in [5.41, 5.74) is 3.97. The summed E-state index contributed by atoms with van der Waals surface area (Å²) in [6.07, 6.45) is 1.44. The number of carbonyl (C=O) groups is 3. The summed E-state index contributed by atoms with van der Waals surface area (Å²) in [6, 6.07) is 14.6. The van der Waals surface area contributed by atoms with E-state index in [1.54, 1.807) is 18.2 Å². The number of fused-ring (bicyclic) bond motifs is 2. The number of hydrogen-bond acceptors (Lipinski definition) is 7. The van der Waals surface area contributed by atoms with Crippen LogP contribution >= 0.6 is 11.3 Å². The van der Waals surface area contributed by atoms with Gasteiger partial charge in [0, 0.05) is 10.4 Å². The predicted octanol–water partition coefficient (Wildman–Crippen LogP) is 6.41. The van der Waals surface area contributed by atoms with Gasteiger partial charge in [0.05, 0.1) is 29.3 Å². The number of rotatable bonds is 6. The summed E-state index contributed by atoms with van der Waals surface area (Å²) in [5, 5.41) is 3.27. The lowest BCUT2D eigenvalue weighted by molar-refractivity contribution is -0.123. The van der Waals surface area contributed by atoms with Crippen molar-refractivity contribution >= 4 is 45.2 Å². The molecule has 1 aliphatic rings. The molecule has 5 rings (SSSR count). The minimum Gasteiger partial charge on any atom is -0.465 e. The molecule has 2 atom stereocenters. The molecule has 9 heteroatoms. The number of hydrogen-bond donors (Lipinski definition) is 2. The third-order valence-corrected chi connectivity index (χ3v) is 8.73. The summed E-state index contributed by atoms with van der Waals surface area (Å²) in [4.78, 5) is 48.1. The van der Waals surface area contributed by atoms with Crippen molar-refractivity contribution in [2.75, 3.05) is 12.4 Å². The third kappa shape index (κ3) is 5.38. The van der Waals surface area contributed by atoms with Gasteiger partial charge in [0.1, 0.15) is 10.8 Å². The van der Waals surface area contributed by atoms with Crippen molar-refractivity contribution in [3.8, 4) is 11.4 Å². The lowest BCUT2D eigenvalue weighted by Crippen LogP contribution is -2.30. The monoisotopic (exact) mass is 559 g/mol. The van der Waals surface area contributed by atoms with Crippen LogP contribution in [0.3, 0.4) is 0 Å². The number of nitrogens with one attached hydrogen (secondary N) is 2. The molecule has 40 heavy (non-hydrogen) atoms. The number of thiophene rings is 1. The Morgan fingerprint density at radius 2 is 1.80 bits per heavy atom. The Hall–Kier alpha value is -3.98. The fraction of sp³-hybridized carbons (Fsp3) is 0.355. The second kappa shape index (κ2) is 10.9. The lowest BCUT2D eigenvalue weighted by atomic mass is 9.72. The number of nitrogens with zero attached hydrogens (tertiary/aromatic N) is 1. The molecule has 0 saturated heterocycles. The van der Waals surface area contributed by atoms with Crippen molar-refractivity contribution in [3.63, 3.8) is 0 Å². The number of methoxy groups -OCH3 is 1. The first-order valence-electron chi connectivity index (χ1n) is 13.4. The van der Waals surface area contributed by atoms with E-state index in [1.807, 2.05) is 30.3 Å². The molecule has 1 amide bonds. The number of benzene rings is 2. The molecular weight excluding hydrogens is 526 g/mol. The van der Waals surface area contributed by atoms with E-state index in [0.717, 1.165) is 40.7 Å². The molecule has 208 valence electrons. The van der Waals surface area contributed by atoms with Crippen molar-refractivity contribution in [1.29, 1.82) is 0 Å². The van der Waals surface area contributed by atoms with Gasteiger partial charge in [0.15, 0.2) is 6.10 Å². The number of amides is 1. The average Bonchev–Trinajstić information content (AvgIpc) is 3.52. The Morgan fingerprint density at radius 3 is 2.52 bits per heavy atom. The van der Waals surface area contributed by atoms with E-state index >= 15 is 0 Å². The maximum absolute atomic E-state index is 13.2. The highest BCUT2D eigenvalue weighted by atomic mass is 32.1. The van der Waals surface area contributed by atoms with E-state index in [0.29, 0.717) is 27.9 Å². The number of imidazole rings is 1. The second-order valence-electron chi connectivity index (χ2n) is 11.2. The van der Waals surface area contributed by atoms with E-state index in [-0.39, 0.29) is 11.0 Å². The minimum atomic E-state index is -1.11. The Labute approximate surface area is 237 Å². The second-order valence-corrected chi connectivity index (χ2v) is 12.3. The molecule has 0 bridgehead atoms. The molecule has 1 aliphatic carbocycles. The van der Waals surface area contributed by atoms with Crippen molar-refractivity contribution < 1.29 is 23.9 Å². The first-order chi connectivity index (χ1) is 19.1. The van der Waals surface area contributed by atoms with Gasteiger partial charge in [-0.25, -0.2) is 14.6 Å². The SMILES string of the molecule is COC(=O)c1c(NC(=O)C(C)OC(=O)c2ccccc2-c2nc3ccccc3[nH]2)sc2c1CCC(C(C)(C)C)C2. The molecule has 2 aromatic heterocycles. The Morgan fingerprint density at radius 1 is 1.07 bits per heavy atom. The number of carbonyl (C=O) groups excluding carboxylic acids is 3. The Bertz CT molecular complexity index is 1560. The summed E-state index contributed by atoms with van der Waals surface area (Å²) >= 11 is 1.40. The molecule has 2 aromatic carbocycles. The fourth-order valence-electron chi connectivity index (χ4n) is 5.17. The molecule has 0 fully saturated rings. The first-order valence-corrected chi connectivity index (χ1v) is 14.2. The highest BCUT2D eigenvalue weighted by Crippen LogP contribution is 2.44. The highest BCUT2D eigenvalue weighted by Gasteiger charge is 2.35. The zero-order chi connectivity index (χ0) is 28.6. The third-order valence-electron chi connectivity index (χ3n) is 7.56. The minimum absolute atomic E-state index is 0.137. The van der Waals surface area contributed by atoms with Crippen molar-refractivity contribution in [2.45, 2.75) is 53.1 Å². The van der Waals surface area contributed by atoms with Crippen molar-refractivity contribution in [3.05, 3.63) is 70.1 Å². The predicted molar refractivity (Wildman–Crippen MR) is 156 cm³/mol. The van der Waals surface area contributed by atoms with Crippen LogP contribution in [0, 0.1) is 11.3 Å². The number of anilines is 1. The van der Waals surface area contributed by atoms with Crippen LogP contribution in [0.25, 0.3) is 22.4 Å². The summed E-state index contributed by atoms with van der Waals surface area (Å²) < 4.78 is 10.7. The van der Waals surface area contributed by atoms with Gasteiger partial charge in [0.25, 0.3) is 5.91 Å². The first kappa shape index (κ1) is 27.6. The van der Waals surface area contributed by atoms with E-state index in [1.165, 1.54) is 25.4 Å². The standard InChI is InChI=1S/C31H33N3O5S/c1-17(39-29(36)20-11-7-6-10-19(20)26-32-22-12-8-9-13-23(22)33-26)27(35)34-28-25(30(37)38-5)21-15-14-18(31(2,3)4)16-24(21)40-28/h6-13,17-18H,14-16H2,1-5H3,(H,32,33)(H,34,35). The number of para-hydroxylation sites is 2. The maximum Gasteiger partial charge on any atom is 0.341 e. The summed E-state index contributed by atoms with van der Waals surface area (Å²) in [5.74, 6) is -0.645. The molecule has 0 saturated carbocycles. The molecule has 4 aromatic rings. The number of esters is 2. The van der Waals surface area contributed by atoms with Gasteiger partial charge >= 0.3 is 11.9 Å². The van der Waals surface area contributed by atoms with Crippen LogP contribution in [-0.2, 0) is 27.1 Å². The molecule has 0 radical (unpaired) electrons. The Kier molecular flexibility index (Phi) is 7.51. The number of H-pyrrole nitrogens is 1. The number of aromatic nitrogens is 2. The Balaban J connectivity index is 1.35. The average molecular weight is 560 g/mol. The van der Waals surface area contributed by atoms with Gasteiger partial charge in [0.2, 0.25) is 0 Å². The lowest BCUT2D eigenvalue weighted by Gasteiger charge is -2.33. The molecular formula is C31H33N3O5S. The largest absolute Gasteiger partial charge is 0.465 e. The molecule has 0 spiro atoms. The van der Waals surface area contributed by atoms with Crippen molar-refractivity contribution in [2.24, 2.45) is 11.3 Å². The van der Waals surface area contributed by atoms with E-state index in [9.17, 15) is 14.4 Å². The van der Waals surface area contributed by atoms with Gasteiger partial charge < -0.3 is 19.8 Å². The summed E-state index contributed by atoms with van der Waals surface area (Å²) in [7, 11) is 1.34. The number of ether oxygens (including phenoxy) is 2. The van der Waals surface area contributed by atoms with Crippen molar-refractivity contribution in [1.82, 2.24) is 9.97 Å². The van der Waals surface area contributed by atoms with Crippen LogP contribution in [0.4, 0.5) is 5.00 Å². The molecule has 2 heterocycles. The maximum atomic E-state index is 13.2. The molecule has 2 N–H and O–H groups in total. The van der Waals surface area contributed by atoms with Crippen LogP contribution in [0.5, 0.6) is 0 Å².